The van der Waals surface area contributed by atoms with Crippen LogP contribution >= 0.6 is 34.5 Å². The molecule has 0 bridgehead atoms. The van der Waals surface area contributed by atoms with E-state index in [-0.39, 0.29) is 18.2 Å². The first-order chi connectivity index (χ1) is 14.9. The molecule has 0 radical (unpaired) electrons. The van der Waals surface area contributed by atoms with Crippen LogP contribution in [-0.4, -0.2) is 21.8 Å². The van der Waals surface area contributed by atoms with Gasteiger partial charge in [0.2, 0.25) is 11.8 Å². The van der Waals surface area contributed by atoms with Gasteiger partial charge < -0.3 is 5.32 Å². The molecule has 0 saturated heterocycles. The summed E-state index contributed by atoms with van der Waals surface area (Å²) in [6, 6.07) is 14.0. The highest BCUT2D eigenvalue weighted by molar-refractivity contribution is 7.16. The highest BCUT2D eigenvalue weighted by atomic mass is 35.5. The van der Waals surface area contributed by atoms with E-state index in [1.54, 1.807) is 35.8 Å². The van der Waals surface area contributed by atoms with Crippen molar-refractivity contribution in [1.82, 2.24) is 9.97 Å². The molecule has 9 heteroatoms. The fourth-order valence-corrected chi connectivity index (χ4v) is 4.38. The second-order valence-electron chi connectivity index (χ2n) is 6.69. The fraction of sp³-hybridized carbons (Fsp3) is 0.0909. The first-order valence-electron chi connectivity index (χ1n) is 9.25. The van der Waals surface area contributed by atoms with Gasteiger partial charge in [-0.05, 0) is 42.0 Å². The van der Waals surface area contributed by atoms with E-state index in [1.807, 2.05) is 18.2 Å². The van der Waals surface area contributed by atoms with Crippen molar-refractivity contribution in [2.24, 2.45) is 0 Å². The molecule has 31 heavy (non-hydrogen) atoms. The third kappa shape index (κ3) is 4.69. The zero-order valence-electron chi connectivity index (χ0n) is 16.3. The van der Waals surface area contributed by atoms with Crippen molar-refractivity contribution >= 4 is 73.8 Å². The number of hydrogen-bond acceptors (Lipinski definition) is 5. The van der Waals surface area contributed by atoms with Gasteiger partial charge in [0.1, 0.15) is 5.82 Å². The van der Waals surface area contributed by atoms with Crippen LogP contribution in [0.5, 0.6) is 0 Å². The summed E-state index contributed by atoms with van der Waals surface area (Å²) in [5.41, 5.74) is 4.35. The molecular formula is C22H16Cl2N4O2S. The number of hydrogen-bond donors (Lipinski definition) is 1. The second-order valence-corrected chi connectivity index (χ2v) is 8.39. The van der Waals surface area contributed by atoms with Gasteiger partial charge in [0, 0.05) is 34.9 Å². The molecule has 0 aliphatic heterocycles. The Kier molecular flexibility index (Phi) is 6.18. The minimum absolute atomic E-state index is 0.0225. The molecule has 1 N–H and O–H groups in total. The maximum absolute atomic E-state index is 12.6. The quantitative estimate of drug-likeness (QED) is 0.396. The number of fused-ring (bicyclic) bond motifs is 1. The second kappa shape index (κ2) is 9.01. The van der Waals surface area contributed by atoms with Gasteiger partial charge in [-0.25, -0.2) is 9.97 Å². The number of nitrogens with one attached hydrogen (secondary N) is 1. The van der Waals surface area contributed by atoms with E-state index in [4.69, 9.17) is 23.2 Å². The van der Waals surface area contributed by atoms with Crippen molar-refractivity contribution in [2.45, 2.75) is 13.3 Å². The minimum atomic E-state index is -0.285. The molecule has 6 nitrogen and oxygen atoms in total. The maximum atomic E-state index is 12.6. The summed E-state index contributed by atoms with van der Waals surface area (Å²) in [6.07, 6.45) is 1.56. The summed E-state index contributed by atoms with van der Waals surface area (Å²) in [4.78, 5) is 35.1. The topological polar surface area (TPSA) is 75.2 Å². The number of carbonyl (C=O) groups excluding carboxylic acids is 2. The van der Waals surface area contributed by atoms with Gasteiger partial charge in [-0.1, -0.05) is 29.3 Å². The Morgan fingerprint density at radius 1 is 1.06 bits per heavy atom. The number of halogens is 2. The molecule has 0 fully saturated rings. The van der Waals surface area contributed by atoms with Crippen LogP contribution in [0.4, 0.5) is 17.2 Å². The van der Waals surface area contributed by atoms with Crippen molar-refractivity contribution in [1.29, 1.82) is 0 Å². The molecule has 4 rings (SSSR count). The lowest BCUT2D eigenvalue weighted by atomic mass is 10.1. The first kappa shape index (κ1) is 21.2. The van der Waals surface area contributed by atoms with Crippen LogP contribution in [0.2, 0.25) is 10.0 Å². The molecule has 0 spiro atoms. The van der Waals surface area contributed by atoms with Gasteiger partial charge in [0.05, 0.1) is 27.8 Å². The molecular weight excluding hydrogens is 455 g/mol. The van der Waals surface area contributed by atoms with Gasteiger partial charge in [-0.3, -0.25) is 14.5 Å². The Morgan fingerprint density at radius 2 is 1.84 bits per heavy atom. The van der Waals surface area contributed by atoms with Gasteiger partial charge in [-0.2, -0.15) is 0 Å². The molecule has 2 amide bonds. The zero-order valence-corrected chi connectivity index (χ0v) is 18.6. The number of benzene rings is 2. The molecule has 156 valence electrons. The van der Waals surface area contributed by atoms with E-state index in [0.717, 1.165) is 10.2 Å². The standard InChI is InChI=1S/C22H16Cl2N4O2S/c1-13(29)28(15-5-6-19-20(10-15)31-12-26-19)21-9-14(7-8-25-21)27-22(30)11-16-17(23)3-2-4-18(16)24/h2-10,12H,11H2,1H3,(H,25,27,30). The van der Waals surface area contributed by atoms with Crippen molar-refractivity contribution in [2.75, 3.05) is 10.2 Å². The zero-order chi connectivity index (χ0) is 22.0. The maximum Gasteiger partial charge on any atom is 0.229 e. The Labute approximate surface area is 192 Å². The van der Waals surface area contributed by atoms with Crippen LogP contribution in [0.25, 0.3) is 10.2 Å². The number of anilines is 3. The summed E-state index contributed by atoms with van der Waals surface area (Å²) in [6.45, 7) is 1.46. The van der Waals surface area contributed by atoms with E-state index in [2.05, 4.69) is 15.3 Å². The van der Waals surface area contributed by atoms with E-state index < -0.39 is 0 Å². The van der Waals surface area contributed by atoms with Crippen LogP contribution in [0.3, 0.4) is 0 Å². The Hall–Kier alpha value is -3.00. The molecule has 0 atom stereocenters. The van der Waals surface area contributed by atoms with Crippen LogP contribution in [0, 0.1) is 0 Å². The lowest BCUT2D eigenvalue weighted by Gasteiger charge is -2.21. The van der Waals surface area contributed by atoms with Gasteiger partial charge in [0.25, 0.3) is 0 Å². The lowest BCUT2D eigenvalue weighted by Crippen LogP contribution is -2.24. The van der Waals surface area contributed by atoms with Crippen LogP contribution in [0.15, 0.2) is 60.2 Å². The average Bonchev–Trinajstić information content (AvgIpc) is 3.19. The monoisotopic (exact) mass is 470 g/mol. The summed E-state index contributed by atoms with van der Waals surface area (Å²) in [5.74, 6) is -0.0970. The highest BCUT2D eigenvalue weighted by Gasteiger charge is 2.18. The number of carbonyl (C=O) groups is 2. The Morgan fingerprint density at radius 3 is 2.58 bits per heavy atom. The van der Waals surface area contributed by atoms with Crippen LogP contribution in [-0.2, 0) is 16.0 Å². The molecule has 4 aromatic rings. The summed E-state index contributed by atoms with van der Waals surface area (Å²) in [5, 5.41) is 3.67. The van der Waals surface area contributed by atoms with Crippen molar-refractivity contribution in [3.8, 4) is 0 Å². The molecule has 0 unspecified atom stereocenters. The normalized spacial score (nSPS) is 10.8. The Bertz CT molecular complexity index is 1270. The summed E-state index contributed by atoms with van der Waals surface area (Å²) in [7, 11) is 0. The number of rotatable bonds is 5. The highest BCUT2D eigenvalue weighted by Crippen LogP contribution is 2.30. The number of aromatic nitrogens is 2. The molecule has 0 aliphatic rings. The predicted octanol–water partition coefficient (Wildman–Crippen LogP) is 5.86. The SMILES string of the molecule is CC(=O)N(c1ccc2ncsc2c1)c1cc(NC(=O)Cc2c(Cl)cccc2Cl)ccn1. The fourth-order valence-electron chi connectivity index (χ4n) is 3.14. The van der Waals surface area contributed by atoms with Crippen molar-refractivity contribution in [3.05, 3.63) is 75.8 Å². The third-order valence-corrected chi connectivity index (χ3v) is 6.05. The first-order valence-corrected chi connectivity index (χ1v) is 10.9. The molecule has 0 saturated carbocycles. The van der Waals surface area contributed by atoms with E-state index in [9.17, 15) is 9.59 Å². The third-order valence-electron chi connectivity index (χ3n) is 4.55. The van der Waals surface area contributed by atoms with Gasteiger partial charge in [0.15, 0.2) is 0 Å². The van der Waals surface area contributed by atoms with Gasteiger partial charge >= 0.3 is 0 Å². The lowest BCUT2D eigenvalue weighted by molar-refractivity contribution is -0.116. The minimum Gasteiger partial charge on any atom is -0.326 e. The summed E-state index contributed by atoms with van der Waals surface area (Å²) >= 11 is 13.8. The summed E-state index contributed by atoms with van der Waals surface area (Å²) < 4.78 is 0.963. The van der Waals surface area contributed by atoms with Crippen molar-refractivity contribution in [3.63, 3.8) is 0 Å². The number of pyridine rings is 1. The predicted molar refractivity (Wildman–Crippen MR) is 125 cm³/mol. The smallest absolute Gasteiger partial charge is 0.229 e. The Balaban J connectivity index is 1.58. The largest absolute Gasteiger partial charge is 0.326 e. The number of thiazole rings is 1. The average molecular weight is 471 g/mol. The van der Waals surface area contributed by atoms with E-state index in [1.165, 1.54) is 29.4 Å². The number of nitrogens with zero attached hydrogens (tertiary/aromatic N) is 3. The van der Waals surface area contributed by atoms with Gasteiger partial charge in [-0.15, -0.1) is 11.3 Å². The number of amides is 2. The van der Waals surface area contributed by atoms with E-state index >= 15 is 0 Å². The molecule has 2 heterocycles. The molecule has 2 aromatic heterocycles. The van der Waals surface area contributed by atoms with Crippen molar-refractivity contribution < 1.29 is 9.59 Å². The van der Waals surface area contributed by atoms with Crippen LogP contribution < -0.4 is 10.2 Å². The molecule has 2 aromatic carbocycles. The van der Waals surface area contributed by atoms with E-state index in [0.29, 0.717) is 32.8 Å². The molecule has 0 aliphatic carbocycles. The van der Waals surface area contributed by atoms with Crippen LogP contribution in [0.1, 0.15) is 12.5 Å².